The molecule has 0 fully saturated rings. The van der Waals surface area contributed by atoms with Crippen molar-refractivity contribution in [1.82, 2.24) is 72.9 Å². The van der Waals surface area contributed by atoms with Crippen molar-refractivity contribution in [3.63, 3.8) is 0 Å². The first-order chi connectivity index (χ1) is 53.6. The fraction of sp³-hybridized carbons (Fsp3) is 0. The quantitative estimate of drug-likeness (QED) is 0.121. The van der Waals surface area contributed by atoms with E-state index in [0.29, 0.717) is 17.6 Å². The standard InChI is InChI=1S/C32H21N5.C31H20N6.C30H20N4/c1-2-10-22(11-3-1)28-18-23(19-29(36-28)27-14-8-9-17-33-27)32-34-20-24(21-35-32)37-30-15-6-4-12-25(30)26-13-5-7-16-31(26)37;1-3-13-29-23(9-1)24-10-2-4-14-30(24)37(29)22-19-34-31(35-20-22)21-17-27(25-11-5-7-15-32-25)36-28(18-21)26-12-6-8-16-33-26;1-2-10-21(11-3-1)29-25(20-33-17-9-8-16-28(29)33)22-18-31-30(32-19-22)34-26-14-6-4-12-23(26)24-13-5-7-15-27(24)34/h1-21H;1-20H;1-20H. The highest BCUT2D eigenvalue weighted by Crippen LogP contribution is 2.40. The van der Waals surface area contributed by atoms with Crippen molar-refractivity contribution >= 4 is 70.9 Å². The number of para-hydroxylation sites is 6. The summed E-state index contributed by atoms with van der Waals surface area (Å²) in [7, 11) is 0. The van der Waals surface area contributed by atoms with Crippen molar-refractivity contribution in [3.8, 4) is 108 Å². The summed E-state index contributed by atoms with van der Waals surface area (Å²) < 4.78 is 8.73. The smallest absolute Gasteiger partial charge is 0.234 e. The van der Waals surface area contributed by atoms with Gasteiger partial charge in [-0.3, -0.25) is 19.5 Å². The number of aromatic nitrogens is 15. The van der Waals surface area contributed by atoms with Gasteiger partial charge in [-0.05, 0) is 115 Å². The van der Waals surface area contributed by atoms with Crippen LogP contribution in [-0.4, -0.2) is 72.9 Å². The number of pyridine rings is 6. The Morgan fingerprint density at radius 3 is 0.954 bits per heavy atom. The van der Waals surface area contributed by atoms with E-state index >= 15 is 0 Å². The minimum atomic E-state index is 0.612. The molecular weight excluding hydrogens is 1330 g/mol. The van der Waals surface area contributed by atoms with E-state index in [1.54, 1.807) is 18.6 Å². The van der Waals surface area contributed by atoms with Gasteiger partial charge in [-0.1, -0.05) is 194 Å². The Bertz CT molecular complexity index is 6270. The third-order valence-electron chi connectivity index (χ3n) is 19.4. The van der Waals surface area contributed by atoms with Crippen molar-refractivity contribution < 1.29 is 0 Å². The Morgan fingerprint density at radius 1 is 0.222 bits per heavy atom. The van der Waals surface area contributed by atoms with Crippen LogP contribution in [0.1, 0.15) is 0 Å². The second-order valence-electron chi connectivity index (χ2n) is 26.0. The predicted octanol–water partition coefficient (Wildman–Crippen LogP) is 21.3. The topological polar surface area (TPSA) is 161 Å². The lowest BCUT2D eigenvalue weighted by atomic mass is 9.99. The normalized spacial score (nSPS) is 11.3. The van der Waals surface area contributed by atoms with E-state index in [0.717, 1.165) is 118 Å². The summed E-state index contributed by atoms with van der Waals surface area (Å²) in [5, 5.41) is 7.24. The van der Waals surface area contributed by atoms with Gasteiger partial charge in [0.05, 0.1) is 115 Å². The van der Waals surface area contributed by atoms with Crippen molar-refractivity contribution in [3.05, 3.63) is 371 Å². The molecule has 21 rings (SSSR count). The summed E-state index contributed by atoms with van der Waals surface area (Å²) in [5.74, 6) is 1.92. The van der Waals surface area contributed by atoms with Gasteiger partial charge in [-0.2, -0.15) is 0 Å². The van der Waals surface area contributed by atoms with Gasteiger partial charge in [0.25, 0.3) is 0 Å². The summed E-state index contributed by atoms with van der Waals surface area (Å²) in [6.45, 7) is 0. The van der Waals surface area contributed by atoms with Crippen LogP contribution in [-0.2, 0) is 0 Å². The molecular formula is C93H61N15. The molecule has 0 aliphatic carbocycles. The van der Waals surface area contributed by atoms with E-state index in [1.807, 2.05) is 146 Å². The van der Waals surface area contributed by atoms with Gasteiger partial charge < -0.3 is 13.5 Å². The Hall–Kier alpha value is -15.1. The monoisotopic (exact) mass is 1390 g/mol. The number of hydrogen-bond donors (Lipinski definition) is 0. The molecule has 0 aliphatic rings. The van der Waals surface area contributed by atoms with Crippen molar-refractivity contribution in [2.75, 3.05) is 0 Å². The molecule has 0 aliphatic heterocycles. The lowest BCUT2D eigenvalue weighted by molar-refractivity contribution is 0.990. The summed E-state index contributed by atoms with van der Waals surface area (Å²) in [6.07, 6.45) is 21.0. The number of hydrogen-bond acceptors (Lipinski definition) is 11. The van der Waals surface area contributed by atoms with Crippen LogP contribution in [0, 0.1) is 0 Å². The molecule has 108 heavy (non-hydrogen) atoms. The molecule has 13 aromatic heterocycles. The van der Waals surface area contributed by atoms with Gasteiger partial charge in [0.15, 0.2) is 11.6 Å². The SMILES string of the molecule is c1ccc(-c2c(-c3cnc(-n4c5ccccc5c5ccccc54)nc3)cn3ccccc23)cc1.c1ccc(-c2cc(-c3ncc(-n4c5ccccc5c5ccccc54)cn3)cc(-c3ccccn3)n2)cc1.c1ccc(-c2cc(-c3ncc(-n4c5ccccc5c5ccccc54)cn3)cc(-c3ccccn3)n2)nc1. The minimum Gasteiger partial charge on any atom is -0.323 e. The molecule has 8 aromatic carbocycles. The predicted molar refractivity (Wildman–Crippen MR) is 433 cm³/mol. The Balaban J connectivity index is 0.000000110. The molecule has 0 N–H and O–H groups in total. The molecule has 0 atom stereocenters. The number of rotatable bonds is 11. The van der Waals surface area contributed by atoms with Crippen LogP contribution < -0.4 is 0 Å². The van der Waals surface area contributed by atoms with E-state index in [1.165, 1.54) is 43.4 Å². The average Bonchev–Trinajstić information content (AvgIpc) is 1.62. The van der Waals surface area contributed by atoms with Crippen LogP contribution in [0.2, 0.25) is 0 Å². The van der Waals surface area contributed by atoms with E-state index in [-0.39, 0.29) is 0 Å². The number of benzene rings is 8. The van der Waals surface area contributed by atoms with E-state index in [4.69, 9.17) is 39.9 Å². The van der Waals surface area contributed by atoms with Gasteiger partial charge in [-0.15, -0.1) is 0 Å². The first-order valence-corrected chi connectivity index (χ1v) is 35.5. The third kappa shape index (κ3) is 12.0. The molecule has 0 spiro atoms. The molecule has 0 saturated carbocycles. The largest absolute Gasteiger partial charge is 0.323 e. The zero-order valence-corrected chi connectivity index (χ0v) is 57.9. The highest BCUT2D eigenvalue weighted by atomic mass is 15.2. The van der Waals surface area contributed by atoms with Crippen LogP contribution in [0.3, 0.4) is 0 Å². The van der Waals surface area contributed by atoms with E-state index < -0.39 is 0 Å². The van der Waals surface area contributed by atoms with E-state index in [2.05, 4.69) is 240 Å². The Kier molecular flexibility index (Phi) is 16.5. The van der Waals surface area contributed by atoms with Crippen LogP contribution in [0.15, 0.2) is 371 Å². The van der Waals surface area contributed by atoms with Crippen molar-refractivity contribution in [1.29, 1.82) is 0 Å². The number of nitrogens with zero attached hydrogens (tertiary/aromatic N) is 15. The Labute approximate surface area is 619 Å². The molecule has 0 unspecified atom stereocenters. The fourth-order valence-corrected chi connectivity index (χ4v) is 14.5. The van der Waals surface area contributed by atoms with Crippen LogP contribution in [0.4, 0.5) is 0 Å². The summed E-state index contributed by atoms with van der Waals surface area (Å²) in [6, 6.07) is 103. The molecule has 508 valence electrons. The summed E-state index contributed by atoms with van der Waals surface area (Å²) in [5.41, 5.74) is 22.5. The average molecular weight is 1390 g/mol. The van der Waals surface area contributed by atoms with Gasteiger partial charge in [-0.25, -0.2) is 39.9 Å². The van der Waals surface area contributed by atoms with Crippen LogP contribution >= 0.6 is 0 Å². The molecule has 0 radical (unpaired) electrons. The number of fused-ring (bicyclic) bond motifs is 10. The maximum Gasteiger partial charge on any atom is 0.234 e. The minimum absolute atomic E-state index is 0.612. The van der Waals surface area contributed by atoms with Gasteiger partial charge in [0.1, 0.15) is 0 Å². The third-order valence-corrected chi connectivity index (χ3v) is 19.4. The van der Waals surface area contributed by atoms with Gasteiger partial charge in [0.2, 0.25) is 5.95 Å². The van der Waals surface area contributed by atoms with Gasteiger partial charge in [0, 0.05) is 109 Å². The van der Waals surface area contributed by atoms with Crippen molar-refractivity contribution in [2.45, 2.75) is 0 Å². The maximum atomic E-state index is 4.90. The second-order valence-corrected chi connectivity index (χ2v) is 26.0. The highest BCUT2D eigenvalue weighted by Gasteiger charge is 2.21. The van der Waals surface area contributed by atoms with Crippen molar-refractivity contribution in [2.24, 2.45) is 0 Å². The van der Waals surface area contributed by atoms with Gasteiger partial charge >= 0.3 is 0 Å². The molecule has 0 amide bonds. The maximum absolute atomic E-state index is 4.90. The molecule has 13 heterocycles. The van der Waals surface area contributed by atoms with Crippen LogP contribution in [0.25, 0.3) is 179 Å². The summed E-state index contributed by atoms with van der Waals surface area (Å²) >= 11 is 0. The fourth-order valence-electron chi connectivity index (χ4n) is 14.5. The second kappa shape index (κ2) is 27.9. The molecule has 15 heteroatoms. The first kappa shape index (κ1) is 63.8. The molecule has 0 saturated heterocycles. The highest BCUT2D eigenvalue weighted by molar-refractivity contribution is 6.11. The molecule has 21 aromatic rings. The zero-order valence-electron chi connectivity index (χ0n) is 57.9. The Morgan fingerprint density at radius 2 is 0.556 bits per heavy atom. The van der Waals surface area contributed by atoms with Crippen LogP contribution in [0.5, 0.6) is 0 Å². The van der Waals surface area contributed by atoms with E-state index in [9.17, 15) is 0 Å². The first-order valence-electron chi connectivity index (χ1n) is 35.5. The molecule has 15 nitrogen and oxygen atoms in total. The summed E-state index contributed by atoms with van der Waals surface area (Å²) in [4.78, 5) is 52.1. The lowest BCUT2D eigenvalue weighted by Gasteiger charge is -2.10. The lowest BCUT2D eigenvalue weighted by Crippen LogP contribution is -2.00. The molecule has 0 bridgehead atoms. The zero-order chi connectivity index (χ0) is 71.7.